The van der Waals surface area contributed by atoms with E-state index in [1.807, 2.05) is 38.1 Å². The van der Waals surface area contributed by atoms with Crippen LogP contribution in [0.5, 0.6) is 0 Å². The number of rotatable bonds is 3. The van der Waals surface area contributed by atoms with E-state index in [1.165, 1.54) is 29.1 Å². The van der Waals surface area contributed by atoms with Crippen LogP contribution in [0, 0.1) is 6.92 Å². The zero-order valence-electron chi connectivity index (χ0n) is 8.90. The monoisotopic (exact) mass is 241 g/mol. The van der Waals surface area contributed by atoms with Gasteiger partial charge in [-0.15, -0.1) is 0 Å². The molecule has 0 amide bonds. The largest absolute Gasteiger partial charge is 0.329 e. The van der Waals surface area contributed by atoms with E-state index >= 15 is 0 Å². The van der Waals surface area contributed by atoms with E-state index in [-0.39, 0.29) is 9.70 Å². The highest BCUT2D eigenvalue weighted by Gasteiger charge is 2.09. The summed E-state index contributed by atoms with van der Waals surface area (Å²) in [5.41, 5.74) is 6.63. The Kier molecular flexibility index (Phi) is 5.22. The van der Waals surface area contributed by atoms with Gasteiger partial charge in [0, 0.05) is 16.7 Å². The van der Waals surface area contributed by atoms with Crippen LogP contribution >= 0.6 is 23.5 Å². The first-order valence-electron chi connectivity index (χ1n) is 4.77. The molecule has 0 aromatic heterocycles. The van der Waals surface area contributed by atoms with Gasteiger partial charge in [-0.2, -0.15) is 0 Å². The first-order valence-corrected chi connectivity index (χ1v) is 6.46. The molecule has 0 aliphatic carbocycles. The summed E-state index contributed by atoms with van der Waals surface area (Å²) in [5, 5.41) is 0.190. The molecular formula is C11H15NOS2. The number of thioether (sulfide) groups is 2. The summed E-state index contributed by atoms with van der Waals surface area (Å²) >= 11 is 2.57. The molecule has 2 nitrogen and oxygen atoms in total. The van der Waals surface area contributed by atoms with Crippen molar-refractivity contribution < 1.29 is 4.79 Å². The van der Waals surface area contributed by atoms with Crippen LogP contribution in [0.3, 0.4) is 0 Å². The predicted molar refractivity (Wildman–Crippen MR) is 68.5 cm³/mol. The number of benzene rings is 1. The van der Waals surface area contributed by atoms with Gasteiger partial charge in [-0.3, -0.25) is 4.79 Å². The van der Waals surface area contributed by atoms with Gasteiger partial charge in [-0.25, -0.2) is 0 Å². The number of aryl methyl sites for hydroxylation is 1. The molecule has 82 valence electrons. The Morgan fingerprint density at radius 1 is 1.53 bits per heavy atom. The van der Waals surface area contributed by atoms with Crippen molar-refractivity contribution in [3.05, 3.63) is 29.8 Å². The van der Waals surface area contributed by atoms with Crippen molar-refractivity contribution in [3.63, 3.8) is 0 Å². The molecule has 0 radical (unpaired) electrons. The summed E-state index contributed by atoms with van der Waals surface area (Å²) in [5.74, 6) is 0. The van der Waals surface area contributed by atoms with Crippen LogP contribution in [-0.2, 0) is 0 Å². The molecule has 0 aliphatic heterocycles. The fourth-order valence-corrected chi connectivity index (χ4v) is 2.99. The third-order valence-electron chi connectivity index (χ3n) is 1.82. The van der Waals surface area contributed by atoms with E-state index in [4.69, 9.17) is 5.73 Å². The average molecular weight is 241 g/mol. The lowest BCUT2D eigenvalue weighted by Crippen LogP contribution is -2.13. The molecule has 0 aliphatic rings. The zero-order chi connectivity index (χ0) is 11.3. The zero-order valence-corrected chi connectivity index (χ0v) is 10.5. The van der Waals surface area contributed by atoms with Crippen LogP contribution in [0.2, 0.25) is 0 Å². The number of carbonyl (C=O) groups excluding carboxylic acids is 1. The number of carbonyl (C=O) groups is 1. The maximum atomic E-state index is 11.6. The van der Waals surface area contributed by atoms with Gasteiger partial charge in [0.15, 0.2) is 0 Å². The van der Waals surface area contributed by atoms with Crippen molar-refractivity contribution in [2.45, 2.75) is 24.0 Å². The second kappa shape index (κ2) is 6.20. The van der Waals surface area contributed by atoms with E-state index in [2.05, 4.69) is 0 Å². The third kappa shape index (κ3) is 4.73. The van der Waals surface area contributed by atoms with Crippen molar-refractivity contribution in [3.8, 4) is 0 Å². The number of nitrogens with two attached hydrogens (primary N) is 1. The lowest BCUT2D eigenvalue weighted by Gasteiger charge is -2.06. The maximum Gasteiger partial charge on any atom is 0.251 e. The van der Waals surface area contributed by atoms with E-state index < -0.39 is 0 Å². The molecule has 1 atom stereocenters. The Balaban J connectivity index is 2.51. The number of hydrogen-bond donors (Lipinski definition) is 1. The lowest BCUT2D eigenvalue weighted by molar-refractivity contribution is 0.276. The van der Waals surface area contributed by atoms with Gasteiger partial charge in [0.25, 0.3) is 4.45 Å². The van der Waals surface area contributed by atoms with Crippen LogP contribution in [0.1, 0.15) is 12.5 Å². The fourth-order valence-electron chi connectivity index (χ4n) is 1.01. The second-order valence-corrected chi connectivity index (χ2v) is 6.05. The van der Waals surface area contributed by atoms with Crippen molar-refractivity contribution in [1.29, 1.82) is 0 Å². The van der Waals surface area contributed by atoms with Gasteiger partial charge in [0.05, 0.1) is 0 Å². The summed E-state index contributed by atoms with van der Waals surface area (Å²) in [6.45, 7) is 4.51. The molecule has 0 bridgehead atoms. The summed E-state index contributed by atoms with van der Waals surface area (Å²) in [4.78, 5) is 12.6. The molecule has 0 heterocycles. The van der Waals surface area contributed by atoms with Gasteiger partial charge >= 0.3 is 0 Å². The summed E-state index contributed by atoms with van der Waals surface area (Å²) in [6, 6.07) is 7.94. The molecule has 2 N–H and O–H groups in total. The van der Waals surface area contributed by atoms with Crippen molar-refractivity contribution in [2.24, 2.45) is 5.73 Å². The molecule has 1 unspecified atom stereocenters. The maximum absolute atomic E-state index is 11.6. The van der Waals surface area contributed by atoms with Gasteiger partial charge in [0.1, 0.15) is 0 Å². The molecule has 1 aromatic rings. The quantitative estimate of drug-likeness (QED) is 0.825. The molecule has 0 spiro atoms. The molecule has 15 heavy (non-hydrogen) atoms. The van der Waals surface area contributed by atoms with E-state index in [0.717, 1.165) is 4.90 Å². The minimum atomic E-state index is 0.110. The highest BCUT2D eigenvalue weighted by atomic mass is 32.2. The van der Waals surface area contributed by atoms with Crippen molar-refractivity contribution >= 4 is 28.0 Å². The highest BCUT2D eigenvalue weighted by Crippen LogP contribution is 2.28. The second-order valence-electron chi connectivity index (χ2n) is 3.33. The topological polar surface area (TPSA) is 43.1 Å². The predicted octanol–water partition coefficient (Wildman–Crippen LogP) is 3.29. The molecular weight excluding hydrogens is 226 g/mol. The van der Waals surface area contributed by atoms with Crippen molar-refractivity contribution in [2.75, 3.05) is 6.54 Å². The third-order valence-corrected chi connectivity index (χ3v) is 3.80. The molecule has 0 saturated carbocycles. The molecule has 0 fully saturated rings. The smallest absolute Gasteiger partial charge is 0.251 e. The van der Waals surface area contributed by atoms with Crippen LogP contribution in [0.25, 0.3) is 0 Å². The Hall–Kier alpha value is -0.450. The highest BCUT2D eigenvalue weighted by molar-refractivity contribution is 8.38. The van der Waals surface area contributed by atoms with Gasteiger partial charge < -0.3 is 5.73 Å². The number of hydrogen-bond acceptors (Lipinski definition) is 4. The summed E-state index contributed by atoms with van der Waals surface area (Å²) in [6.07, 6.45) is 0. The van der Waals surface area contributed by atoms with Gasteiger partial charge in [-0.05, 0) is 30.8 Å². The Bertz CT molecular complexity index is 341. The standard InChI is InChI=1S/C11H15NOS2/c1-8-4-3-5-10(6-8)15-11(13)14-9(2)7-12/h3-6,9H,7,12H2,1-2H3. The summed E-state index contributed by atoms with van der Waals surface area (Å²) < 4.78 is 0.110. The van der Waals surface area contributed by atoms with Crippen LogP contribution < -0.4 is 5.73 Å². The van der Waals surface area contributed by atoms with E-state index in [0.29, 0.717) is 6.54 Å². The molecule has 1 aromatic carbocycles. The van der Waals surface area contributed by atoms with Gasteiger partial charge in [0.2, 0.25) is 0 Å². The fraction of sp³-hybridized carbons (Fsp3) is 0.364. The minimum absolute atomic E-state index is 0.110. The van der Waals surface area contributed by atoms with E-state index in [1.54, 1.807) is 0 Å². The summed E-state index contributed by atoms with van der Waals surface area (Å²) in [7, 11) is 0. The normalized spacial score (nSPS) is 12.5. The Morgan fingerprint density at radius 3 is 2.87 bits per heavy atom. The minimum Gasteiger partial charge on any atom is -0.329 e. The van der Waals surface area contributed by atoms with Crippen LogP contribution in [-0.4, -0.2) is 16.2 Å². The van der Waals surface area contributed by atoms with Crippen molar-refractivity contribution in [1.82, 2.24) is 0 Å². The Labute approximate surface area is 99.0 Å². The first kappa shape index (κ1) is 12.6. The van der Waals surface area contributed by atoms with Crippen LogP contribution in [0.4, 0.5) is 4.79 Å². The average Bonchev–Trinajstić information content (AvgIpc) is 2.17. The lowest BCUT2D eigenvalue weighted by atomic mass is 10.2. The molecule has 0 saturated heterocycles. The molecule has 4 heteroatoms. The van der Waals surface area contributed by atoms with Gasteiger partial charge in [-0.1, -0.05) is 36.4 Å². The SMILES string of the molecule is Cc1cccc(SC(=O)SC(C)CN)c1. The molecule has 1 rings (SSSR count). The Morgan fingerprint density at radius 2 is 2.27 bits per heavy atom. The van der Waals surface area contributed by atoms with Crippen LogP contribution in [0.15, 0.2) is 29.2 Å². The van der Waals surface area contributed by atoms with E-state index in [9.17, 15) is 4.79 Å². The first-order chi connectivity index (χ1) is 7.11.